The Balaban J connectivity index is 1.60. The van der Waals surface area contributed by atoms with Gasteiger partial charge in [-0.15, -0.1) is 0 Å². The van der Waals surface area contributed by atoms with Crippen LogP contribution in [0.1, 0.15) is 40.9 Å². The Morgan fingerprint density at radius 2 is 1.80 bits per heavy atom. The number of nitrogens with zero attached hydrogens (tertiary/aromatic N) is 4. The van der Waals surface area contributed by atoms with Crippen molar-refractivity contribution in [3.63, 3.8) is 0 Å². The van der Waals surface area contributed by atoms with E-state index in [2.05, 4.69) is 11.1 Å². The van der Waals surface area contributed by atoms with Crippen LogP contribution in [-0.2, 0) is 16.1 Å². The lowest BCUT2D eigenvalue weighted by Gasteiger charge is -2.26. The van der Waals surface area contributed by atoms with Gasteiger partial charge in [0.15, 0.2) is 10.5 Å². The zero-order chi connectivity index (χ0) is 32.7. The SMILES string of the molecule is CCOC(=O)C1=C(C(F)(F)F)N=c2s/c(=C\c3c(C)n(Cc4ccccc4C#N)c4ccccc34)c(=O)n2[C@@H]1c1ccc(Cl)cc1. The third-order valence-electron chi connectivity index (χ3n) is 7.80. The van der Waals surface area contributed by atoms with E-state index in [0.717, 1.165) is 38.1 Å². The van der Waals surface area contributed by atoms with Crippen LogP contribution in [0.25, 0.3) is 17.0 Å². The fourth-order valence-electron chi connectivity index (χ4n) is 5.71. The van der Waals surface area contributed by atoms with Gasteiger partial charge in [0.25, 0.3) is 5.56 Å². The maximum atomic E-state index is 14.5. The van der Waals surface area contributed by atoms with Gasteiger partial charge in [-0.05, 0) is 55.3 Å². The molecule has 0 radical (unpaired) electrons. The van der Waals surface area contributed by atoms with Gasteiger partial charge in [-0.2, -0.15) is 18.4 Å². The Hall–Kier alpha value is -4.92. The molecule has 0 amide bonds. The number of hydrogen-bond acceptors (Lipinski definition) is 6. The van der Waals surface area contributed by atoms with Gasteiger partial charge in [0, 0.05) is 33.7 Å². The number of alkyl halides is 3. The second-order valence-corrected chi connectivity index (χ2v) is 11.9. The summed E-state index contributed by atoms with van der Waals surface area (Å²) in [5.41, 5.74) is 1.12. The number of aromatic nitrogens is 2. The van der Waals surface area contributed by atoms with Crippen LogP contribution < -0.4 is 14.9 Å². The predicted molar refractivity (Wildman–Crippen MR) is 169 cm³/mol. The van der Waals surface area contributed by atoms with E-state index >= 15 is 0 Å². The number of carbonyl (C=O) groups is 1. The normalized spacial score (nSPS) is 15.1. The van der Waals surface area contributed by atoms with Crippen LogP contribution in [0.5, 0.6) is 0 Å². The molecule has 0 spiro atoms. The van der Waals surface area contributed by atoms with E-state index in [1.54, 1.807) is 18.2 Å². The summed E-state index contributed by atoms with van der Waals surface area (Å²) in [7, 11) is 0. The molecule has 0 unspecified atom stereocenters. The molecule has 2 aromatic heterocycles. The largest absolute Gasteiger partial charge is 0.463 e. The average molecular weight is 661 g/mol. The van der Waals surface area contributed by atoms with Crippen molar-refractivity contribution in [2.45, 2.75) is 32.6 Å². The topological polar surface area (TPSA) is 89.4 Å². The van der Waals surface area contributed by atoms with Crippen molar-refractivity contribution in [2.75, 3.05) is 6.61 Å². The molecule has 12 heteroatoms. The van der Waals surface area contributed by atoms with Gasteiger partial charge < -0.3 is 9.30 Å². The molecule has 0 N–H and O–H groups in total. The molecule has 6 rings (SSSR count). The standard InChI is InChI=1S/C34H24ClF3N4O3S/c1-3-45-32(44)28-29(20-12-14-23(35)15-13-20)42-31(43)27(46-33(42)40-30(28)34(36,37)38)16-25-19(2)41(26-11-7-6-10-24(25)26)18-22-9-5-4-8-21(22)17-39/h4-16,29H,3,18H2,1-2H3/b27-16-/t29-/m1/s1. The molecule has 232 valence electrons. The van der Waals surface area contributed by atoms with E-state index in [4.69, 9.17) is 16.3 Å². The van der Waals surface area contributed by atoms with Crippen molar-refractivity contribution in [3.05, 3.63) is 137 Å². The molecule has 0 saturated carbocycles. The second-order valence-electron chi connectivity index (χ2n) is 10.5. The summed E-state index contributed by atoms with van der Waals surface area (Å²) < 4.78 is 51.7. The molecule has 46 heavy (non-hydrogen) atoms. The first-order valence-corrected chi connectivity index (χ1v) is 15.3. The summed E-state index contributed by atoms with van der Waals surface area (Å²) in [4.78, 5) is 30.9. The first kappa shape index (κ1) is 31.1. The highest BCUT2D eigenvalue weighted by Crippen LogP contribution is 2.38. The van der Waals surface area contributed by atoms with Crippen molar-refractivity contribution in [2.24, 2.45) is 4.99 Å². The van der Waals surface area contributed by atoms with Crippen molar-refractivity contribution < 1.29 is 22.7 Å². The number of thiazole rings is 1. The molecule has 7 nitrogen and oxygen atoms in total. The first-order chi connectivity index (χ1) is 22.0. The summed E-state index contributed by atoms with van der Waals surface area (Å²) in [6.07, 6.45) is -3.36. The molecular weight excluding hydrogens is 637 g/mol. The van der Waals surface area contributed by atoms with Gasteiger partial charge in [-0.25, -0.2) is 9.79 Å². The summed E-state index contributed by atoms with van der Waals surface area (Å²) in [6, 6.07) is 21.5. The van der Waals surface area contributed by atoms with Crippen LogP contribution in [-0.4, -0.2) is 27.9 Å². The number of allylic oxidation sites excluding steroid dienone is 1. The number of hydrogen-bond donors (Lipinski definition) is 0. The number of esters is 1. The van der Waals surface area contributed by atoms with E-state index in [-0.39, 0.29) is 21.5 Å². The Labute approximate surface area is 269 Å². The number of fused-ring (bicyclic) bond motifs is 2. The molecule has 0 bridgehead atoms. The molecule has 0 aliphatic carbocycles. The fraction of sp³-hybridized carbons (Fsp3) is 0.176. The molecule has 1 aliphatic heterocycles. The Bertz CT molecular complexity index is 2280. The van der Waals surface area contributed by atoms with Crippen molar-refractivity contribution in [1.82, 2.24) is 9.13 Å². The van der Waals surface area contributed by atoms with Crippen molar-refractivity contribution in [1.29, 1.82) is 5.26 Å². The summed E-state index contributed by atoms with van der Waals surface area (Å²) in [6.45, 7) is 3.58. The molecule has 3 heterocycles. The first-order valence-electron chi connectivity index (χ1n) is 14.1. The number of carbonyl (C=O) groups excluding carboxylic acids is 1. The smallest absolute Gasteiger partial charge is 0.434 e. The summed E-state index contributed by atoms with van der Waals surface area (Å²) in [5.74, 6) is -1.22. The molecular formula is C34H24ClF3N4O3S. The van der Waals surface area contributed by atoms with Crippen molar-refractivity contribution >= 4 is 45.9 Å². The van der Waals surface area contributed by atoms with E-state index in [1.165, 1.54) is 31.2 Å². The van der Waals surface area contributed by atoms with Crippen LogP contribution in [0.4, 0.5) is 13.2 Å². The summed E-state index contributed by atoms with van der Waals surface area (Å²) in [5, 5.41) is 10.8. The van der Waals surface area contributed by atoms with Crippen molar-refractivity contribution in [3.8, 4) is 6.07 Å². The quantitative estimate of drug-likeness (QED) is 0.204. The minimum Gasteiger partial charge on any atom is -0.463 e. The zero-order valence-electron chi connectivity index (χ0n) is 24.4. The number of halogens is 4. The maximum absolute atomic E-state index is 14.5. The Morgan fingerprint density at radius 1 is 1.11 bits per heavy atom. The Kier molecular flexibility index (Phi) is 8.19. The highest BCUT2D eigenvalue weighted by atomic mass is 35.5. The molecule has 0 fully saturated rings. The average Bonchev–Trinajstić information content (AvgIpc) is 3.49. The fourth-order valence-corrected chi connectivity index (χ4v) is 6.82. The highest BCUT2D eigenvalue weighted by molar-refractivity contribution is 7.07. The molecule has 5 aromatic rings. The van der Waals surface area contributed by atoms with Gasteiger partial charge in [0.2, 0.25) is 0 Å². The van der Waals surface area contributed by atoms with Gasteiger partial charge in [0.05, 0.1) is 34.4 Å². The molecule has 0 saturated heterocycles. The van der Waals surface area contributed by atoms with E-state index in [9.17, 15) is 28.0 Å². The number of ether oxygens (including phenoxy) is 1. The third kappa shape index (κ3) is 5.44. The molecule has 1 aliphatic rings. The van der Waals surface area contributed by atoms with Crippen LogP contribution in [0, 0.1) is 18.3 Å². The van der Waals surface area contributed by atoms with Crippen LogP contribution >= 0.6 is 22.9 Å². The monoisotopic (exact) mass is 660 g/mol. The number of rotatable bonds is 6. The number of nitriles is 1. The van der Waals surface area contributed by atoms with Gasteiger partial charge in [0.1, 0.15) is 0 Å². The van der Waals surface area contributed by atoms with Crippen LogP contribution in [0.2, 0.25) is 5.02 Å². The molecule has 1 atom stereocenters. The number of benzene rings is 3. The minimum absolute atomic E-state index is 0.132. The Morgan fingerprint density at radius 3 is 2.50 bits per heavy atom. The lowest BCUT2D eigenvalue weighted by molar-refractivity contribution is -0.140. The highest BCUT2D eigenvalue weighted by Gasteiger charge is 2.45. The van der Waals surface area contributed by atoms with E-state index < -0.39 is 35.0 Å². The van der Waals surface area contributed by atoms with Gasteiger partial charge >= 0.3 is 12.1 Å². The predicted octanol–water partition coefficient (Wildman–Crippen LogP) is 6.18. The van der Waals surface area contributed by atoms with Crippen LogP contribution in [0.3, 0.4) is 0 Å². The minimum atomic E-state index is -5.01. The van der Waals surface area contributed by atoms with Gasteiger partial charge in [-0.1, -0.05) is 71.5 Å². The summed E-state index contributed by atoms with van der Waals surface area (Å²) >= 11 is 6.87. The lowest BCUT2D eigenvalue weighted by Crippen LogP contribution is -2.41. The number of para-hydroxylation sites is 1. The molecule has 3 aromatic carbocycles. The maximum Gasteiger partial charge on any atom is 0.434 e. The third-order valence-corrected chi connectivity index (χ3v) is 9.04. The second kappa shape index (κ2) is 12.1. The van der Waals surface area contributed by atoms with Crippen LogP contribution in [0.15, 0.2) is 93.9 Å². The zero-order valence-corrected chi connectivity index (χ0v) is 26.0. The van der Waals surface area contributed by atoms with E-state index in [0.29, 0.717) is 22.7 Å². The van der Waals surface area contributed by atoms with Gasteiger partial charge in [-0.3, -0.25) is 9.36 Å². The van der Waals surface area contributed by atoms with E-state index in [1.807, 2.05) is 47.9 Å². The lowest BCUT2D eigenvalue weighted by atomic mass is 9.95.